The molecule has 0 atom stereocenters. The third-order valence-electron chi connectivity index (χ3n) is 5.57. The van der Waals surface area contributed by atoms with Crippen molar-refractivity contribution in [3.63, 3.8) is 0 Å². The maximum absolute atomic E-state index is 13.0. The Balaban J connectivity index is 1.18. The summed E-state index contributed by atoms with van der Waals surface area (Å²) < 4.78 is 45.5. The van der Waals surface area contributed by atoms with E-state index in [2.05, 4.69) is 10.3 Å². The average Bonchev–Trinajstić information content (AvgIpc) is 3.37. The summed E-state index contributed by atoms with van der Waals surface area (Å²) in [6, 6.07) is 20.1. The number of carbonyl (C=O) groups excluding carboxylic acids is 2. The van der Waals surface area contributed by atoms with Gasteiger partial charge in [0.25, 0.3) is 11.8 Å². The fourth-order valence-corrected chi connectivity index (χ4v) is 5.69. The van der Waals surface area contributed by atoms with Crippen molar-refractivity contribution >= 4 is 56.4 Å². The van der Waals surface area contributed by atoms with E-state index < -0.39 is 16.1 Å². The van der Waals surface area contributed by atoms with Crippen molar-refractivity contribution in [1.29, 1.82) is 0 Å². The maximum Gasteiger partial charge on any atom is 0.326 e. The van der Waals surface area contributed by atoms with Gasteiger partial charge in [-0.05, 0) is 70.9 Å². The van der Waals surface area contributed by atoms with Gasteiger partial charge in [-0.3, -0.25) is 9.59 Å². The number of amidine groups is 1. The van der Waals surface area contributed by atoms with Crippen LogP contribution in [0.5, 0.6) is 0 Å². The summed E-state index contributed by atoms with van der Waals surface area (Å²) in [4.78, 5) is 28.8. The number of hydrogen-bond acceptors (Lipinski definition) is 7. The van der Waals surface area contributed by atoms with Crippen molar-refractivity contribution in [1.82, 2.24) is 10.0 Å². The smallest absolute Gasteiger partial charge is 0.326 e. The van der Waals surface area contributed by atoms with Crippen LogP contribution in [-0.2, 0) is 37.7 Å². The molecular formula is C26H21FN4O5S2. The molecular weight excluding hydrogens is 531 g/mol. The first-order valence-corrected chi connectivity index (χ1v) is 13.6. The zero-order valence-corrected chi connectivity index (χ0v) is 21.4. The lowest BCUT2D eigenvalue weighted by molar-refractivity contribution is -0.117. The number of anilines is 1. The van der Waals surface area contributed by atoms with Gasteiger partial charge >= 0.3 is 10.2 Å². The molecule has 2 saturated heterocycles. The normalized spacial score (nSPS) is 18.7. The number of nitrogens with one attached hydrogen (secondary N) is 2. The van der Waals surface area contributed by atoms with E-state index in [0.717, 1.165) is 21.0 Å². The van der Waals surface area contributed by atoms with Gasteiger partial charge in [-0.1, -0.05) is 36.4 Å². The van der Waals surface area contributed by atoms with E-state index in [1.807, 2.05) is 29.0 Å². The van der Waals surface area contributed by atoms with Crippen molar-refractivity contribution in [3.8, 4) is 0 Å². The SMILES string of the molecule is O=C1CN(c2ccc(N=C3NC(=O)/C(=C\c4ccc(COCc5ccc(F)cc5)cc4)S3)cc2)S(=O)(=O)N1. The van der Waals surface area contributed by atoms with Gasteiger partial charge in [0, 0.05) is 0 Å². The lowest BCUT2D eigenvalue weighted by Gasteiger charge is -2.14. The number of hydrogen-bond donors (Lipinski definition) is 2. The summed E-state index contributed by atoms with van der Waals surface area (Å²) in [5.41, 5.74) is 3.54. The minimum absolute atomic E-state index is 0.273. The standard InChI is InChI=1S/C26H21FN4O5S2/c27-20-7-5-19(6-8-20)16-36-15-18-3-1-17(2-4-18)13-23-25(33)29-26(37-23)28-21-9-11-22(12-10-21)31-14-24(32)30-38(31,34)35/h1-13H,14-16H2,(H,30,32)(H,28,29,33)/b23-13+. The van der Waals surface area contributed by atoms with Crippen LogP contribution in [0.3, 0.4) is 0 Å². The molecule has 0 aromatic heterocycles. The first-order chi connectivity index (χ1) is 18.2. The van der Waals surface area contributed by atoms with Gasteiger partial charge in [0.1, 0.15) is 12.4 Å². The van der Waals surface area contributed by atoms with Crippen LogP contribution in [0.15, 0.2) is 82.7 Å². The molecule has 2 N–H and O–H groups in total. The molecule has 0 unspecified atom stereocenters. The number of rotatable bonds is 7. The Labute approximate surface area is 222 Å². The van der Waals surface area contributed by atoms with Crippen LogP contribution in [0.25, 0.3) is 6.08 Å². The lowest BCUT2D eigenvalue weighted by atomic mass is 10.1. The van der Waals surface area contributed by atoms with Crippen molar-refractivity contribution in [2.45, 2.75) is 13.2 Å². The molecule has 0 bridgehead atoms. The summed E-state index contributed by atoms with van der Waals surface area (Å²) in [5, 5.41) is 3.11. The Hall–Kier alpha value is -4.00. The molecule has 2 aliphatic rings. The summed E-state index contributed by atoms with van der Waals surface area (Å²) in [6.07, 6.45) is 1.76. The van der Waals surface area contributed by atoms with Crippen LogP contribution < -0.4 is 14.3 Å². The number of benzene rings is 3. The number of thioether (sulfide) groups is 1. The number of amides is 2. The lowest BCUT2D eigenvalue weighted by Crippen LogP contribution is -2.29. The number of carbonyl (C=O) groups is 2. The Morgan fingerprint density at radius 1 is 0.947 bits per heavy atom. The number of ether oxygens (including phenoxy) is 1. The predicted octanol–water partition coefficient (Wildman–Crippen LogP) is 3.62. The number of halogens is 1. The highest BCUT2D eigenvalue weighted by Gasteiger charge is 2.33. The number of aliphatic imine (C=N–C) groups is 1. The Morgan fingerprint density at radius 3 is 2.18 bits per heavy atom. The molecule has 2 fully saturated rings. The van der Waals surface area contributed by atoms with E-state index >= 15 is 0 Å². The zero-order valence-electron chi connectivity index (χ0n) is 19.8. The molecule has 9 nitrogen and oxygen atoms in total. The molecule has 194 valence electrons. The van der Waals surface area contributed by atoms with Gasteiger partial charge in [0.15, 0.2) is 5.17 Å². The first kappa shape index (κ1) is 25.6. The second-order valence-corrected chi connectivity index (χ2v) is 11.0. The third kappa shape index (κ3) is 6.10. The molecule has 2 amide bonds. The predicted molar refractivity (Wildman–Crippen MR) is 143 cm³/mol. The summed E-state index contributed by atoms with van der Waals surface area (Å²) in [6.45, 7) is 0.498. The monoisotopic (exact) mass is 552 g/mol. The zero-order chi connectivity index (χ0) is 26.7. The summed E-state index contributed by atoms with van der Waals surface area (Å²) in [5.74, 6) is -1.15. The van der Waals surface area contributed by atoms with Crippen LogP contribution in [0.2, 0.25) is 0 Å². The number of nitrogens with zero attached hydrogens (tertiary/aromatic N) is 2. The van der Waals surface area contributed by atoms with Crippen LogP contribution in [0, 0.1) is 5.82 Å². The topological polar surface area (TPSA) is 117 Å². The van der Waals surface area contributed by atoms with Crippen molar-refractivity contribution in [2.75, 3.05) is 10.8 Å². The van der Waals surface area contributed by atoms with E-state index in [9.17, 15) is 22.4 Å². The van der Waals surface area contributed by atoms with E-state index in [0.29, 0.717) is 34.7 Å². The van der Waals surface area contributed by atoms with Gasteiger partial charge in [-0.15, -0.1) is 0 Å². The minimum Gasteiger partial charge on any atom is -0.372 e. The van der Waals surface area contributed by atoms with Gasteiger partial charge in [0.2, 0.25) is 0 Å². The summed E-state index contributed by atoms with van der Waals surface area (Å²) in [7, 11) is -3.88. The molecule has 0 aliphatic carbocycles. The fourth-order valence-electron chi connectivity index (χ4n) is 3.70. The van der Waals surface area contributed by atoms with Crippen molar-refractivity contribution in [2.24, 2.45) is 4.99 Å². The highest BCUT2D eigenvalue weighted by molar-refractivity contribution is 8.18. The van der Waals surface area contributed by atoms with Crippen molar-refractivity contribution < 1.29 is 27.1 Å². The molecule has 5 rings (SSSR count). The minimum atomic E-state index is -3.88. The molecule has 2 heterocycles. The molecule has 38 heavy (non-hydrogen) atoms. The fraction of sp³-hybridized carbons (Fsp3) is 0.115. The quantitative estimate of drug-likeness (QED) is 0.433. The molecule has 12 heteroatoms. The van der Waals surface area contributed by atoms with Gasteiger partial charge in [0.05, 0.1) is 29.5 Å². The summed E-state index contributed by atoms with van der Waals surface area (Å²) >= 11 is 1.19. The Morgan fingerprint density at radius 2 is 1.58 bits per heavy atom. The Bertz CT molecular complexity index is 1540. The van der Waals surface area contributed by atoms with Gasteiger partial charge in [-0.2, -0.15) is 8.42 Å². The second kappa shape index (κ2) is 10.8. The first-order valence-electron chi connectivity index (χ1n) is 11.4. The van der Waals surface area contributed by atoms with Crippen LogP contribution in [-0.4, -0.2) is 31.9 Å². The van der Waals surface area contributed by atoms with Crippen LogP contribution >= 0.6 is 11.8 Å². The highest BCUT2D eigenvalue weighted by atomic mass is 32.2. The molecule has 0 spiro atoms. The van der Waals surface area contributed by atoms with E-state index in [4.69, 9.17) is 4.74 Å². The van der Waals surface area contributed by atoms with Crippen molar-refractivity contribution in [3.05, 3.63) is 100 Å². The van der Waals surface area contributed by atoms with Gasteiger partial charge < -0.3 is 10.1 Å². The molecule has 3 aromatic rings. The van der Waals surface area contributed by atoms with E-state index in [1.165, 1.54) is 23.9 Å². The maximum atomic E-state index is 13.0. The van der Waals surface area contributed by atoms with E-state index in [1.54, 1.807) is 42.5 Å². The average molecular weight is 553 g/mol. The molecule has 0 saturated carbocycles. The Kier molecular flexibility index (Phi) is 7.27. The molecule has 2 aliphatic heterocycles. The van der Waals surface area contributed by atoms with Crippen LogP contribution in [0.1, 0.15) is 16.7 Å². The molecule has 3 aromatic carbocycles. The second-order valence-electron chi connectivity index (χ2n) is 8.40. The third-order valence-corrected chi connectivity index (χ3v) is 7.88. The highest BCUT2D eigenvalue weighted by Crippen LogP contribution is 2.29. The largest absolute Gasteiger partial charge is 0.372 e. The van der Waals surface area contributed by atoms with Crippen LogP contribution in [0.4, 0.5) is 15.8 Å². The molecule has 0 radical (unpaired) electrons. The van der Waals surface area contributed by atoms with E-state index in [-0.39, 0.29) is 18.3 Å². The van der Waals surface area contributed by atoms with Gasteiger partial charge in [-0.25, -0.2) is 18.4 Å².